The number of Topliss-reactive ketones (excluding diaryl/α,β-unsaturated/α-hetero) is 1. The van der Waals surface area contributed by atoms with Crippen LogP contribution in [0.4, 0.5) is 0 Å². The first-order valence-electron chi connectivity index (χ1n) is 9.44. The van der Waals surface area contributed by atoms with E-state index >= 15 is 0 Å². The van der Waals surface area contributed by atoms with E-state index in [2.05, 4.69) is 12.2 Å². The molecule has 0 aromatic heterocycles. The Labute approximate surface area is 166 Å². The maximum absolute atomic E-state index is 12.9. The molecule has 2 atom stereocenters. The summed E-state index contributed by atoms with van der Waals surface area (Å²) < 4.78 is 5.84. The molecule has 2 N–H and O–H groups in total. The molecule has 2 rings (SSSR count). The summed E-state index contributed by atoms with van der Waals surface area (Å²) >= 11 is 5.94. The standard InChI is InChI=1S/C22H28ClNO3/c1-2-3-13-24-15-20(25)16-27-21(14-17-9-11-19(23)12-10-17)22(26)18-7-5-4-6-8-18/h4-12,20-21,24-25H,2-3,13-16H2,1H3. The zero-order valence-corrected chi connectivity index (χ0v) is 16.5. The molecule has 0 saturated heterocycles. The van der Waals surface area contributed by atoms with Gasteiger partial charge in [-0.2, -0.15) is 0 Å². The van der Waals surface area contributed by atoms with Gasteiger partial charge in [0.05, 0.1) is 12.7 Å². The summed E-state index contributed by atoms with van der Waals surface area (Å²) in [5.41, 5.74) is 1.57. The van der Waals surface area contributed by atoms with Crippen LogP contribution in [0.5, 0.6) is 0 Å². The molecule has 0 saturated carbocycles. The van der Waals surface area contributed by atoms with Gasteiger partial charge in [0.15, 0.2) is 5.78 Å². The Morgan fingerprint density at radius 3 is 2.52 bits per heavy atom. The third-order valence-electron chi connectivity index (χ3n) is 4.26. The number of nitrogens with one attached hydrogen (secondary N) is 1. The van der Waals surface area contributed by atoms with Gasteiger partial charge in [-0.05, 0) is 30.7 Å². The number of carbonyl (C=O) groups excluding carboxylic acids is 1. The van der Waals surface area contributed by atoms with Crippen LogP contribution < -0.4 is 5.32 Å². The fourth-order valence-electron chi connectivity index (χ4n) is 2.71. The summed E-state index contributed by atoms with van der Waals surface area (Å²) in [6.45, 7) is 3.55. The quantitative estimate of drug-likeness (QED) is 0.427. The maximum Gasteiger partial charge on any atom is 0.191 e. The van der Waals surface area contributed by atoms with Crippen LogP contribution in [0.3, 0.4) is 0 Å². The first-order valence-corrected chi connectivity index (χ1v) is 9.82. The van der Waals surface area contributed by atoms with Crippen molar-refractivity contribution in [1.82, 2.24) is 5.32 Å². The molecule has 0 spiro atoms. The van der Waals surface area contributed by atoms with Crippen LogP contribution in [-0.4, -0.2) is 42.8 Å². The average molecular weight is 390 g/mol. The number of halogens is 1. The molecule has 4 nitrogen and oxygen atoms in total. The van der Waals surface area contributed by atoms with Gasteiger partial charge in [-0.15, -0.1) is 0 Å². The second-order valence-electron chi connectivity index (χ2n) is 6.59. The molecule has 0 heterocycles. The predicted octanol–water partition coefficient (Wildman–Crippen LogP) is 3.90. The lowest BCUT2D eigenvalue weighted by molar-refractivity contribution is -0.00164. The monoisotopic (exact) mass is 389 g/mol. The summed E-state index contributed by atoms with van der Waals surface area (Å²) in [5.74, 6) is -0.0864. The molecule has 2 unspecified atom stereocenters. The Bertz CT molecular complexity index is 676. The number of aliphatic hydroxyl groups excluding tert-OH is 1. The van der Waals surface area contributed by atoms with Crippen molar-refractivity contribution < 1.29 is 14.6 Å². The lowest BCUT2D eigenvalue weighted by Gasteiger charge is -2.20. The van der Waals surface area contributed by atoms with Crippen molar-refractivity contribution in [2.75, 3.05) is 19.7 Å². The van der Waals surface area contributed by atoms with E-state index in [1.807, 2.05) is 30.3 Å². The van der Waals surface area contributed by atoms with Crippen LogP contribution in [0.2, 0.25) is 5.02 Å². The van der Waals surface area contributed by atoms with Crippen molar-refractivity contribution in [3.05, 3.63) is 70.7 Å². The second-order valence-corrected chi connectivity index (χ2v) is 7.03. The van der Waals surface area contributed by atoms with Gasteiger partial charge >= 0.3 is 0 Å². The third-order valence-corrected chi connectivity index (χ3v) is 4.51. The summed E-state index contributed by atoms with van der Waals surface area (Å²) in [5, 5.41) is 14.0. The van der Waals surface area contributed by atoms with Crippen LogP contribution in [0.15, 0.2) is 54.6 Å². The normalized spacial score (nSPS) is 13.3. The number of benzene rings is 2. The molecular formula is C22H28ClNO3. The summed E-state index contributed by atoms with van der Waals surface area (Å²) in [6, 6.07) is 16.5. The van der Waals surface area contributed by atoms with Crippen molar-refractivity contribution in [2.45, 2.75) is 38.4 Å². The lowest BCUT2D eigenvalue weighted by atomic mass is 10.00. The van der Waals surface area contributed by atoms with Crippen LogP contribution >= 0.6 is 11.6 Å². The first-order chi connectivity index (χ1) is 13.1. The molecule has 0 amide bonds. The van der Waals surface area contributed by atoms with Crippen LogP contribution in [0.25, 0.3) is 0 Å². The molecule has 27 heavy (non-hydrogen) atoms. The van der Waals surface area contributed by atoms with E-state index < -0.39 is 12.2 Å². The van der Waals surface area contributed by atoms with Crippen molar-refractivity contribution in [2.24, 2.45) is 0 Å². The van der Waals surface area contributed by atoms with E-state index in [-0.39, 0.29) is 12.4 Å². The molecule has 146 valence electrons. The Hall–Kier alpha value is -1.72. The number of unbranched alkanes of at least 4 members (excludes halogenated alkanes) is 1. The molecular weight excluding hydrogens is 362 g/mol. The highest BCUT2D eigenvalue weighted by Gasteiger charge is 2.22. The molecule has 2 aromatic carbocycles. The van der Waals surface area contributed by atoms with Crippen LogP contribution in [0, 0.1) is 0 Å². The SMILES string of the molecule is CCCCNCC(O)COC(Cc1ccc(Cl)cc1)C(=O)c1ccccc1. The lowest BCUT2D eigenvalue weighted by Crippen LogP contribution is -2.35. The van der Waals surface area contributed by atoms with E-state index in [9.17, 15) is 9.90 Å². The Morgan fingerprint density at radius 2 is 1.85 bits per heavy atom. The van der Waals surface area contributed by atoms with Gasteiger partial charge in [-0.25, -0.2) is 0 Å². The smallest absolute Gasteiger partial charge is 0.191 e. The number of hydrogen-bond donors (Lipinski definition) is 2. The molecule has 5 heteroatoms. The topological polar surface area (TPSA) is 58.6 Å². The number of aliphatic hydroxyl groups is 1. The molecule has 0 aliphatic rings. The fourth-order valence-corrected chi connectivity index (χ4v) is 2.83. The second kappa shape index (κ2) is 11.9. The fraction of sp³-hybridized carbons (Fsp3) is 0.409. The van der Waals surface area contributed by atoms with Gasteiger partial charge in [-0.3, -0.25) is 4.79 Å². The van der Waals surface area contributed by atoms with Gasteiger partial charge in [0.1, 0.15) is 6.10 Å². The predicted molar refractivity (Wildman–Crippen MR) is 109 cm³/mol. The number of ether oxygens (including phenoxy) is 1. The van der Waals surface area contributed by atoms with Gasteiger partial charge in [0.25, 0.3) is 0 Å². The van der Waals surface area contributed by atoms with Crippen molar-refractivity contribution in [3.8, 4) is 0 Å². The summed E-state index contributed by atoms with van der Waals surface area (Å²) in [4.78, 5) is 12.9. The van der Waals surface area contributed by atoms with Gasteiger partial charge in [0.2, 0.25) is 0 Å². The zero-order chi connectivity index (χ0) is 19.5. The number of carbonyl (C=O) groups is 1. The average Bonchev–Trinajstić information content (AvgIpc) is 2.70. The highest BCUT2D eigenvalue weighted by molar-refractivity contribution is 6.30. The molecule has 0 radical (unpaired) electrons. The molecule has 0 bridgehead atoms. The number of hydrogen-bond acceptors (Lipinski definition) is 4. The van der Waals surface area contributed by atoms with E-state index in [1.165, 1.54) is 0 Å². The van der Waals surface area contributed by atoms with Crippen molar-refractivity contribution in [1.29, 1.82) is 0 Å². The largest absolute Gasteiger partial charge is 0.389 e. The maximum atomic E-state index is 12.9. The molecule has 0 aliphatic heterocycles. The number of ketones is 1. The summed E-state index contributed by atoms with van der Waals surface area (Å²) in [7, 11) is 0. The van der Waals surface area contributed by atoms with E-state index in [1.54, 1.807) is 24.3 Å². The van der Waals surface area contributed by atoms with Crippen molar-refractivity contribution in [3.63, 3.8) is 0 Å². The van der Waals surface area contributed by atoms with E-state index in [4.69, 9.17) is 16.3 Å². The molecule has 0 fully saturated rings. The Morgan fingerprint density at radius 1 is 1.15 bits per heavy atom. The van der Waals surface area contributed by atoms with Crippen molar-refractivity contribution >= 4 is 17.4 Å². The van der Waals surface area contributed by atoms with E-state index in [0.29, 0.717) is 23.6 Å². The minimum Gasteiger partial charge on any atom is -0.389 e. The number of rotatable bonds is 12. The van der Waals surface area contributed by atoms with Crippen LogP contribution in [0.1, 0.15) is 35.7 Å². The first kappa shape index (κ1) is 21.6. The minimum absolute atomic E-state index is 0.0864. The third kappa shape index (κ3) is 7.81. The highest BCUT2D eigenvalue weighted by atomic mass is 35.5. The van der Waals surface area contributed by atoms with Gasteiger partial charge in [-0.1, -0.05) is 67.4 Å². The van der Waals surface area contributed by atoms with Crippen LogP contribution in [-0.2, 0) is 11.2 Å². The van der Waals surface area contributed by atoms with E-state index in [0.717, 1.165) is 24.9 Å². The van der Waals surface area contributed by atoms with Gasteiger partial charge in [0, 0.05) is 23.6 Å². The Balaban J connectivity index is 1.98. The minimum atomic E-state index is -0.654. The molecule has 2 aromatic rings. The summed E-state index contributed by atoms with van der Waals surface area (Å²) in [6.07, 6.45) is 1.30. The molecule has 0 aliphatic carbocycles. The zero-order valence-electron chi connectivity index (χ0n) is 15.7. The Kier molecular flexibility index (Phi) is 9.50. The van der Waals surface area contributed by atoms with Gasteiger partial charge < -0.3 is 15.2 Å². The highest BCUT2D eigenvalue weighted by Crippen LogP contribution is 2.15.